The number of nitrogens with one attached hydrogen (secondary N) is 1. The van der Waals surface area contributed by atoms with E-state index in [0.717, 1.165) is 42.6 Å². The summed E-state index contributed by atoms with van der Waals surface area (Å²) in [6.07, 6.45) is -1.24. The number of alkyl halides is 1. The molecular formula is C28H36FN5O4S. The molecule has 4 heterocycles. The number of Topliss-reactive ketones (excluding diaryl/α,β-unsaturated/α-hetero) is 1. The van der Waals surface area contributed by atoms with Gasteiger partial charge in [-0.15, -0.1) is 11.3 Å². The lowest BCUT2D eigenvalue weighted by atomic mass is 10.0. The molecule has 4 atom stereocenters. The number of thiazole rings is 1. The number of fused-ring (bicyclic) bond motifs is 1. The van der Waals surface area contributed by atoms with Crippen LogP contribution in [0.5, 0.6) is 0 Å². The molecule has 0 aliphatic carbocycles. The van der Waals surface area contributed by atoms with Crippen LogP contribution in [-0.4, -0.2) is 103 Å². The van der Waals surface area contributed by atoms with E-state index in [9.17, 15) is 18.8 Å². The highest BCUT2D eigenvalue weighted by Crippen LogP contribution is 2.31. The smallest absolute Gasteiger partial charge is 0.251 e. The van der Waals surface area contributed by atoms with Crippen LogP contribution in [0.4, 0.5) is 9.52 Å². The molecule has 210 valence electrons. The molecular weight excluding hydrogens is 521 g/mol. The largest absolute Gasteiger partial charge is 0.365 e. The number of benzene rings is 1. The maximum Gasteiger partial charge on any atom is 0.251 e. The summed E-state index contributed by atoms with van der Waals surface area (Å²) in [5.41, 5.74) is 2.18. The Labute approximate surface area is 232 Å². The number of carbonyl (C=O) groups is 3. The van der Waals surface area contributed by atoms with E-state index in [4.69, 9.17) is 9.72 Å². The molecule has 0 bridgehead atoms. The van der Waals surface area contributed by atoms with Crippen molar-refractivity contribution < 1.29 is 23.5 Å². The molecule has 0 radical (unpaired) electrons. The number of ether oxygens (including phenoxy) is 1. The highest BCUT2D eigenvalue weighted by Gasteiger charge is 2.53. The Hall–Kier alpha value is -2.89. The number of rotatable bonds is 8. The van der Waals surface area contributed by atoms with Crippen LogP contribution in [0.1, 0.15) is 37.0 Å². The van der Waals surface area contributed by atoms with Gasteiger partial charge in [-0.25, -0.2) is 9.37 Å². The van der Waals surface area contributed by atoms with Crippen molar-refractivity contribution in [1.82, 2.24) is 20.1 Å². The molecule has 3 aliphatic rings. The zero-order valence-electron chi connectivity index (χ0n) is 22.6. The van der Waals surface area contributed by atoms with E-state index in [1.54, 1.807) is 23.5 Å². The highest BCUT2D eigenvalue weighted by molar-refractivity contribution is 7.14. The summed E-state index contributed by atoms with van der Waals surface area (Å²) in [5, 5.41) is 5.88. The predicted octanol–water partition coefficient (Wildman–Crippen LogP) is 2.61. The Balaban J connectivity index is 1.26. The van der Waals surface area contributed by atoms with E-state index in [0.29, 0.717) is 24.3 Å². The third-order valence-corrected chi connectivity index (χ3v) is 8.65. The van der Waals surface area contributed by atoms with Crippen molar-refractivity contribution >= 4 is 34.1 Å². The van der Waals surface area contributed by atoms with Crippen LogP contribution in [0, 0.1) is 5.92 Å². The molecule has 3 aliphatic heterocycles. The van der Waals surface area contributed by atoms with E-state index in [-0.39, 0.29) is 24.8 Å². The predicted molar refractivity (Wildman–Crippen MR) is 148 cm³/mol. The van der Waals surface area contributed by atoms with Crippen LogP contribution in [0.15, 0.2) is 29.6 Å². The number of likely N-dealkylation sites (tertiary alicyclic amines) is 1. The molecule has 11 heteroatoms. The number of piperazine rings is 1. The fourth-order valence-corrected chi connectivity index (χ4v) is 6.24. The molecule has 0 spiro atoms. The second-order valence-corrected chi connectivity index (χ2v) is 11.9. The maximum absolute atomic E-state index is 14.5. The van der Waals surface area contributed by atoms with Gasteiger partial charge >= 0.3 is 0 Å². The SMILES string of the molecule is CC(C)CCC(NC(=O)c1ccc(-c2csc(N3CCN(C)CC3)n2)cc1)C(=O)N1C[C@H](F)[C@H]2OCC(=O)[C@H]21. The van der Waals surface area contributed by atoms with Gasteiger partial charge < -0.3 is 24.8 Å². The summed E-state index contributed by atoms with van der Waals surface area (Å²) in [4.78, 5) is 49.6. The van der Waals surface area contributed by atoms with E-state index in [1.165, 1.54) is 4.90 Å². The first-order valence-electron chi connectivity index (χ1n) is 13.6. The lowest BCUT2D eigenvalue weighted by Gasteiger charge is -2.32. The molecule has 9 nitrogen and oxygen atoms in total. The molecule has 1 aromatic heterocycles. The quantitative estimate of drug-likeness (QED) is 0.533. The Morgan fingerprint density at radius 3 is 2.56 bits per heavy atom. The van der Waals surface area contributed by atoms with Crippen molar-refractivity contribution in [2.75, 3.05) is 51.3 Å². The molecule has 5 rings (SSSR count). The lowest BCUT2D eigenvalue weighted by Crippen LogP contribution is -2.52. The number of halogens is 1. The average Bonchev–Trinajstić information content (AvgIpc) is 3.64. The third-order valence-electron chi connectivity index (χ3n) is 7.75. The number of aromatic nitrogens is 1. The summed E-state index contributed by atoms with van der Waals surface area (Å²) in [7, 11) is 2.12. The zero-order chi connectivity index (χ0) is 27.7. The summed E-state index contributed by atoms with van der Waals surface area (Å²) < 4.78 is 19.8. The number of hydrogen-bond acceptors (Lipinski definition) is 8. The van der Waals surface area contributed by atoms with Crippen LogP contribution in [0.3, 0.4) is 0 Å². The lowest BCUT2D eigenvalue weighted by molar-refractivity contribution is -0.138. The number of carbonyl (C=O) groups excluding carboxylic acids is 3. The first-order chi connectivity index (χ1) is 18.7. The van der Waals surface area contributed by atoms with Crippen LogP contribution >= 0.6 is 11.3 Å². The van der Waals surface area contributed by atoms with Crippen LogP contribution in [0.2, 0.25) is 0 Å². The maximum atomic E-state index is 14.5. The van der Waals surface area contributed by atoms with Crippen molar-refractivity contribution in [1.29, 1.82) is 0 Å². The molecule has 1 unspecified atom stereocenters. The Kier molecular flexibility index (Phi) is 8.29. The average molecular weight is 558 g/mol. The van der Waals surface area contributed by atoms with Gasteiger partial charge in [-0.05, 0) is 37.9 Å². The molecule has 39 heavy (non-hydrogen) atoms. The van der Waals surface area contributed by atoms with Gasteiger partial charge in [0.15, 0.2) is 10.9 Å². The minimum atomic E-state index is -1.41. The van der Waals surface area contributed by atoms with Gasteiger partial charge in [0.1, 0.15) is 31.0 Å². The summed E-state index contributed by atoms with van der Waals surface area (Å²) >= 11 is 1.62. The Bertz CT molecular complexity index is 1200. The highest BCUT2D eigenvalue weighted by atomic mass is 32.1. The zero-order valence-corrected chi connectivity index (χ0v) is 23.5. The molecule has 2 aromatic rings. The van der Waals surface area contributed by atoms with Crippen molar-refractivity contribution in [2.24, 2.45) is 5.92 Å². The number of nitrogens with zero attached hydrogens (tertiary/aromatic N) is 4. The molecule has 2 amide bonds. The summed E-state index contributed by atoms with van der Waals surface area (Å²) in [6.45, 7) is 7.60. The first-order valence-corrected chi connectivity index (χ1v) is 14.5. The minimum Gasteiger partial charge on any atom is -0.365 e. The van der Waals surface area contributed by atoms with Crippen LogP contribution < -0.4 is 10.2 Å². The molecule has 3 fully saturated rings. The van der Waals surface area contributed by atoms with Crippen molar-refractivity contribution in [3.05, 3.63) is 35.2 Å². The number of hydrogen-bond donors (Lipinski definition) is 1. The van der Waals surface area contributed by atoms with Gasteiger partial charge in [-0.1, -0.05) is 26.0 Å². The molecule has 0 saturated carbocycles. The Morgan fingerprint density at radius 2 is 1.87 bits per heavy atom. The standard InChI is InChI=1S/C28H36FN5O4S/c1-17(2)4-9-21(27(37)34-14-20(29)25-24(34)23(35)15-38-25)30-26(36)19-7-5-18(6-8-19)22-16-39-28(31-22)33-12-10-32(3)11-13-33/h5-8,16-17,20-21,24-25H,4,9-15H2,1-3H3,(H,30,36)/t20-,21?,24+,25+/m0/s1. The normalized spacial score (nSPS) is 24.3. The fraction of sp³-hybridized carbons (Fsp3) is 0.571. The van der Waals surface area contributed by atoms with Gasteiger partial charge in [0, 0.05) is 42.7 Å². The van der Waals surface area contributed by atoms with E-state index in [1.807, 2.05) is 31.4 Å². The van der Waals surface area contributed by atoms with Gasteiger partial charge in [0.2, 0.25) is 5.91 Å². The topological polar surface area (TPSA) is 95.1 Å². The Morgan fingerprint density at radius 1 is 1.15 bits per heavy atom. The number of amides is 2. The second kappa shape index (κ2) is 11.7. The van der Waals surface area contributed by atoms with E-state index < -0.39 is 30.3 Å². The minimum absolute atomic E-state index is 0.190. The summed E-state index contributed by atoms with van der Waals surface area (Å²) in [5.74, 6) is -0.812. The molecule has 1 N–H and O–H groups in total. The van der Waals surface area contributed by atoms with Crippen molar-refractivity contribution in [2.45, 2.75) is 51.0 Å². The van der Waals surface area contributed by atoms with Crippen LogP contribution in [0.25, 0.3) is 11.3 Å². The van der Waals surface area contributed by atoms with Gasteiger partial charge in [-0.2, -0.15) is 0 Å². The number of ketones is 1. The summed E-state index contributed by atoms with van der Waals surface area (Å²) in [6, 6.07) is 5.39. The molecule has 1 aromatic carbocycles. The van der Waals surface area contributed by atoms with E-state index >= 15 is 0 Å². The first kappa shape index (κ1) is 27.7. The molecule has 3 saturated heterocycles. The third kappa shape index (κ3) is 6.00. The fourth-order valence-electron chi connectivity index (χ4n) is 5.36. The van der Waals surface area contributed by atoms with Crippen molar-refractivity contribution in [3.63, 3.8) is 0 Å². The van der Waals surface area contributed by atoms with Gasteiger partial charge in [0.25, 0.3) is 5.91 Å². The van der Waals surface area contributed by atoms with Crippen molar-refractivity contribution in [3.8, 4) is 11.3 Å². The van der Waals surface area contributed by atoms with Gasteiger partial charge in [0.05, 0.1) is 12.2 Å². The number of likely N-dealkylation sites (N-methyl/N-ethyl adjacent to an activating group) is 1. The van der Waals surface area contributed by atoms with E-state index in [2.05, 4.69) is 22.2 Å². The monoisotopic (exact) mass is 557 g/mol. The number of anilines is 1. The second-order valence-electron chi connectivity index (χ2n) is 11.1. The van der Waals surface area contributed by atoms with Gasteiger partial charge in [-0.3, -0.25) is 14.4 Å². The van der Waals surface area contributed by atoms with Crippen LogP contribution in [-0.2, 0) is 14.3 Å².